The number of nitrogens with zero attached hydrogens (tertiary/aromatic N) is 5. The lowest BCUT2D eigenvalue weighted by Crippen LogP contribution is -2.41. The highest BCUT2D eigenvalue weighted by molar-refractivity contribution is 7.91. The number of fused-ring (bicyclic) bond motifs is 1. The molecular weight excluding hydrogens is 505 g/mol. The van der Waals surface area contributed by atoms with E-state index in [0.717, 1.165) is 65.3 Å². The van der Waals surface area contributed by atoms with Crippen LogP contribution < -0.4 is 5.32 Å². The van der Waals surface area contributed by atoms with Crippen LogP contribution in [0.1, 0.15) is 30.7 Å². The van der Waals surface area contributed by atoms with E-state index in [0.29, 0.717) is 22.9 Å². The van der Waals surface area contributed by atoms with Gasteiger partial charge in [-0.1, -0.05) is 34.4 Å². The van der Waals surface area contributed by atoms with Gasteiger partial charge in [0.2, 0.25) is 5.95 Å². The summed E-state index contributed by atoms with van der Waals surface area (Å²) in [6, 6.07) is 3.88. The van der Waals surface area contributed by atoms with Gasteiger partial charge in [-0.15, -0.1) is 0 Å². The van der Waals surface area contributed by atoms with Gasteiger partial charge >= 0.3 is 0 Å². The minimum atomic E-state index is -2.52. The number of alkyl halides is 3. The Morgan fingerprint density at radius 2 is 2.03 bits per heavy atom. The third kappa shape index (κ3) is 5.21. The van der Waals surface area contributed by atoms with Gasteiger partial charge < -0.3 is 9.87 Å². The molecule has 4 unspecified atom stereocenters. The summed E-state index contributed by atoms with van der Waals surface area (Å²) in [7, 11) is 0. The number of aromatic nitrogens is 2. The van der Waals surface area contributed by atoms with Crippen LogP contribution in [-0.2, 0) is 11.2 Å². The summed E-state index contributed by atoms with van der Waals surface area (Å²) in [6.07, 6.45) is 3.68. The van der Waals surface area contributed by atoms with Crippen LogP contribution in [0.15, 0.2) is 23.4 Å². The molecule has 3 aliphatic heterocycles. The highest BCUT2D eigenvalue weighted by atomic mass is 35.5. The van der Waals surface area contributed by atoms with E-state index >= 15 is 0 Å². The lowest BCUT2D eigenvalue weighted by atomic mass is 9.88. The van der Waals surface area contributed by atoms with Crippen molar-refractivity contribution in [1.82, 2.24) is 19.9 Å². The first-order chi connectivity index (χ1) is 16.4. The zero-order valence-electron chi connectivity index (χ0n) is 18.4. The van der Waals surface area contributed by atoms with Crippen LogP contribution in [0, 0.1) is 0 Å². The van der Waals surface area contributed by atoms with Crippen LogP contribution in [-0.4, -0.2) is 85.8 Å². The second kappa shape index (κ2) is 10.3. The van der Waals surface area contributed by atoms with E-state index in [-0.39, 0.29) is 0 Å². The Labute approximate surface area is 210 Å². The van der Waals surface area contributed by atoms with Gasteiger partial charge in [0, 0.05) is 23.0 Å². The molecule has 0 radical (unpaired) electrons. The second-order valence-corrected chi connectivity index (χ2v) is 11.5. The maximum Gasteiger partial charge on any atom is 0.257 e. The highest BCUT2D eigenvalue weighted by Gasteiger charge is 2.34. The number of nitrogens with one attached hydrogen (secondary N) is 1. The van der Waals surface area contributed by atoms with Gasteiger partial charge in [0.25, 0.3) is 6.43 Å². The summed E-state index contributed by atoms with van der Waals surface area (Å²) in [5.41, 5.74) is 1.08. The predicted octanol–water partition coefficient (Wildman–Crippen LogP) is 3.90. The SMILES string of the molecule is [O-][S+]1CCC(N2CCC(c3cc4nc(NC5C=NN(CC(F)F)C5Cl)ncc4cc3Cl)CC2)C1. The smallest absolute Gasteiger partial charge is 0.257 e. The fraction of sp³-hybridized carbons (Fsp3) is 0.591. The van der Waals surface area contributed by atoms with Crippen molar-refractivity contribution < 1.29 is 13.3 Å². The molecule has 2 aromatic rings. The van der Waals surface area contributed by atoms with Gasteiger partial charge in [-0.3, -0.25) is 9.91 Å². The first kappa shape index (κ1) is 24.2. The Morgan fingerprint density at radius 3 is 2.74 bits per heavy atom. The minimum absolute atomic E-state index is 0.337. The number of halogens is 4. The molecule has 2 fully saturated rings. The summed E-state index contributed by atoms with van der Waals surface area (Å²) in [5.74, 6) is 2.30. The Morgan fingerprint density at radius 1 is 1.24 bits per heavy atom. The molecule has 0 bridgehead atoms. The van der Waals surface area contributed by atoms with E-state index in [4.69, 9.17) is 23.2 Å². The quantitative estimate of drug-likeness (QED) is 0.346. The van der Waals surface area contributed by atoms with Crippen molar-refractivity contribution in [2.45, 2.75) is 49.2 Å². The molecule has 3 aliphatic rings. The molecule has 0 saturated carbocycles. The maximum absolute atomic E-state index is 12.7. The first-order valence-corrected chi connectivity index (χ1v) is 13.7. The van der Waals surface area contributed by atoms with Crippen molar-refractivity contribution >= 4 is 57.4 Å². The third-order valence-electron chi connectivity index (χ3n) is 6.82. The first-order valence-electron chi connectivity index (χ1n) is 11.4. The van der Waals surface area contributed by atoms with Crippen LogP contribution >= 0.6 is 23.2 Å². The average Bonchev–Trinajstić information content (AvgIpc) is 3.39. The summed E-state index contributed by atoms with van der Waals surface area (Å²) in [5, 5.41) is 9.74. The topological polar surface area (TPSA) is 79.7 Å². The van der Waals surface area contributed by atoms with Gasteiger partial charge in [-0.2, -0.15) is 5.10 Å². The molecule has 184 valence electrons. The van der Waals surface area contributed by atoms with Crippen molar-refractivity contribution in [2.75, 3.05) is 36.5 Å². The summed E-state index contributed by atoms with van der Waals surface area (Å²) in [4.78, 5) is 11.4. The van der Waals surface area contributed by atoms with Crippen LogP contribution in [0.2, 0.25) is 5.02 Å². The molecule has 4 atom stereocenters. The Kier molecular flexibility index (Phi) is 7.32. The predicted molar refractivity (Wildman–Crippen MR) is 133 cm³/mol. The number of rotatable bonds is 6. The Hall–Kier alpha value is -1.46. The lowest BCUT2D eigenvalue weighted by Gasteiger charge is -2.35. The standard InChI is InChI=1S/C22H26Cl2F2N6OS/c23-17-7-14-9-27-22(30-19-10-28-32(21(19)24)11-20(25)26)29-18(14)8-16(17)13-1-4-31(5-2-13)15-3-6-34(33)12-15/h7-10,13,15,19-21H,1-6,11-12H2,(H,27,29,30). The molecule has 0 amide bonds. The largest absolute Gasteiger partial charge is 0.616 e. The number of hydrogen-bond donors (Lipinski definition) is 1. The van der Waals surface area contributed by atoms with Crippen LogP contribution in [0.4, 0.5) is 14.7 Å². The summed E-state index contributed by atoms with van der Waals surface area (Å²) in [6.45, 7) is 1.43. The van der Waals surface area contributed by atoms with E-state index in [9.17, 15) is 13.3 Å². The van der Waals surface area contributed by atoms with Gasteiger partial charge in [0.1, 0.15) is 23.0 Å². The number of hydrogen-bond acceptors (Lipinski definition) is 7. The van der Waals surface area contributed by atoms with Crippen molar-refractivity contribution in [2.24, 2.45) is 5.10 Å². The van der Waals surface area contributed by atoms with E-state index < -0.39 is 35.7 Å². The molecule has 1 aromatic heterocycles. The molecule has 34 heavy (non-hydrogen) atoms. The summed E-state index contributed by atoms with van der Waals surface area (Å²) >= 11 is 12.3. The van der Waals surface area contributed by atoms with E-state index in [1.165, 1.54) is 6.21 Å². The van der Waals surface area contributed by atoms with Gasteiger partial charge in [-0.05, 0) is 49.5 Å². The Balaban J connectivity index is 1.27. The van der Waals surface area contributed by atoms with E-state index in [1.807, 2.05) is 12.1 Å². The molecule has 0 spiro atoms. The normalized spacial score (nSPS) is 28.5. The van der Waals surface area contributed by atoms with Crippen LogP contribution in [0.3, 0.4) is 0 Å². The van der Waals surface area contributed by atoms with Crippen LogP contribution in [0.25, 0.3) is 10.9 Å². The highest BCUT2D eigenvalue weighted by Crippen LogP contribution is 2.36. The number of piperidine rings is 1. The number of anilines is 1. The number of likely N-dealkylation sites (tertiary alicyclic amines) is 1. The maximum atomic E-state index is 12.7. The number of benzene rings is 1. The molecule has 2 saturated heterocycles. The van der Waals surface area contributed by atoms with Crippen molar-refractivity contribution in [3.63, 3.8) is 0 Å². The second-order valence-electron chi connectivity index (χ2n) is 9.01. The number of hydrazone groups is 1. The van der Waals surface area contributed by atoms with Gasteiger partial charge in [-0.25, -0.2) is 18.7 Å². The van der Waals surface area contributed by atoms with E-state index in [2.05, 4.69) is 25.3 Å². The Bertz CT molecular complexity index is 1060. The zero-order chi connectivity index (χ0) is 23.8. The van der Waals surface area contributed by atoms with Crippen molar-refractivity contribution in [3.05, 3.63) is 28.9 Å². The molecule has 4 heterocycles. The van der Waals surface area contributed by atoms with Crippen molar-refractivity contribution in [1.29, 1.82) is 0 Å². The minimum Gasteiger partial charge on any atom is -0.616 e. The monoisotopic (exact) mass is 530 g/mol. The summed E-state index contributed by atoms with van der Waals surface area (Å²) < 4.78 is 37.1. The average molecular weight is 531 g/mol. The fourth-order valence-corrected chi connectivity index (χ4v) is 7.08. The van der Waals surface area contributed by atoms with Gasteiger partial charge in [0.05, 0.1) is 24.3 Å². The van der Waals surface area contributed by atoms with E-state index in [1.54, 1.807) is 6.20 Å². The molecule has 5 rings (SSSR count). The molecule has 1 aromatic carbocycles. The van der Waals surface area contributed by atoms with Crippen molar-refractivity contribution in [3.8, 4) is 0 Å². The molecule has 7 nitrogen and oxygen atoms in total. The molecule has 0 aliphatic carbocycles. The lowest BCUT2D eigenvalue weighted by molar-refractivity contribution is 0.0884. The van der Waals surface area contributed by atoms with Crippen LogP contribution in [0.5, 0.6) is 0 Å². The van der Waals surface area contributed by atoms with Gasteiger partial charge in [0.15, 0.2) is 0 Å². The zero-order valence-corrected chi connectivity index (χ0v) is 20.7. The molecular formula is C22H26Cl2F2N6OS. The molecule has 1 N–H and O–H groups in total. The molecule has 12 heteroatoms. The fourth-order valence-electron chi connectivity index (χ4n) is 4.98. The third-order valence-corrected chi connectivity index (χ3v) is 9.09.